The maximum atomic E-state index is 13.8. The van der Waals surface area contributed by atoms with Crippen molar-refractivity contribution < 1.29 is 27.8 Å². The zero-order chi connectivity index (χ0) is 34.9. The highest BCUT2D eigenvalue weighted by Crippen LogP contribution is 2.39. The summed E-state index contributed by atoms with van der Waals surface area (Å²) >= 11 is 1.50. The van der Waals surface area contributed by atoms with Crippen molar-refractivity contribution in [2.24, 2.45) is 0 Å². The number of hydrogen-bond acceptors (Lipinski definition) is 9. The Bertz CT molecular complexity index is 1970. The van der Waals surface area contributed by atoms with Gasteiger partial charge in [-0.25, -0.2) is 18.4 Å². The number of hydrogen-bond donors (Lipinski definition) is 3. The number of aliphatic hydroxyl groups is 1. The standard InChI is InChI=1S/C38H38N4O6S2/c1-26-11-17-33(18-12-26)50(45,46)42-34(21-27-7-3-2-4-8-27)36(44)41-31-10-5-9-30(22-31)37-47-32(25-49-38-39-19-6-20-40-38)23-35(48-37)29-15-13-28(24-43)14-16-29/h2-20,22,32,34-35,37,42-43H,21,23-25H2,1H3,(H,41,44)/t32-,34-,35+,37+/m1/s1. The molecule has 10 nitrogen and oxygen atoms in total. The van der Waals surface area contributed by atoms with E-state index in [9.17, 15) is 18.3 Å². The number of sulfonamides is 1. The van der Waals surface area contributed by atoms with Crippen LogP contribution >= 0.6 is 11.8 Å². The summed E-state index contributed by atoms with van der Waals surface area (Å²) in [6.45, 7) is 1.83. The molecule has 1 amide bonds. The number of thioether (sulfide) groups is 1. The molecule has 1 aliphatic rings. The van der Waals surface area contributed by atoms with Gasteiger partial charge < -0.3 is 19.9 Å². The van der Waals surface area contributed by atoms with Crippen LogP contribution in [0.3, 0.4) is 0 Å². The summed E-state index contributed by atoms with van der Waals surface area (Å²) < 4.78 is 42.3. The van der Waals surface area contributed by atoms with E-state index in [0.29, 0.717) is 28.6 Å². The molecule has 0 radical (unpaired) electrons. The fraction of sp³-hybridized carbons (Fsp3) is 0.237. The minimum Gasteiger partial charge on any atom is -0.392 e. The zero-order valence-electron chi connectivity index (χ0n) is 27.4. The van der Waals surface area contributed by atoms with E-state index in [1.807, 2.05) is 67.6 Å². The largest absolute Gasteiger partial charge is 0.392 e. The molecule has 0 bridgehead atoms. The van der Waals surface area contributed by atoms with Gasteiger partial charge in [0.2, 0.25) is 15.9 Å². The van der Waals surface area contributed by atoms with Crippen LogP contribution in [-0.2, 0) is 37.3 Å². The van der Waals surface area contributed by atoms with Crippen molar-refractivity contribution in [1.82, 2.24) is 14.7 Å². The normalized spacial score (nSPS) is 18.3. The second-order valence-corrected chi connectivity index (χ2v) is 14.7. The van der Waals surface area contributed by atoms with Crippen LogP contribution in [0.15, 0.2) is 132 Å². The molecule has 2 heterocycles. The maximum Gasteiger partial charge on any atom is 0.242 e. The molecule has 6 rings (SSSR count). The number of nitrogens with one attached hydrogen (secondary N) is 2. The van der Waals surface area contributed by atoms with E-state index in [2.05, 4.69) is 20.0 Å². The molecule has 1 aliphatic heterocycles. The minimum absolute atomic E-state index is 0.0496. The highest BCUT2D eigenvalue weighted by atomic mass is 32.2. The molecule has 5 aromatic rings. The number of carbonyl (C=O) groups excluding carboxylic acids is 1. The molecule has 1 saturated heterocycles. The van der Waals surface area contributed by atoms with Gasteiger partial charge in [-0.05, 0) is 60.4 Å². The first-order valence-corrected chi connectivity index (χ1v) is 18.7. The van der Waals surface area contributed by atoms with Crippen molar-refractivity contribution in [2.45, 2.75) is 61.0 Å². The fourth-order valence-corrected chi connectivity index (χ4v) is 7.57. The molecule has 4 atom stereocenters. The van der Waals surface area contributed by atoms with Gasteiger partial charge in [0.25, 0.3) is 0 Å². The molecular weight excluding hydrogens is 673 g/mol. The van der Waals surface area contributed by atoms with Gasteiger partial charge in [-0.3, -0.25) is 4.79 Å². The lowest BCUT2D eigenvalue weighted by Gasteiger charge is -2.36. The number of carbonyl (C=O) groups is 1. The molecule has 0 unspecified atom stereocenters. The number of rotatable bonds is 13. The van der Waals surface area contributed by atoms with Crippen molar-refractivity contribution in [2.75, 3.05) is 11.1 Å². The molecule has 1 fully saturated rings. The van der Waals surface area contributed by atoms with Crippen LogP contribution in [0.5, 0.6) is 0 Å². The van der Waals surface area contributed by atoms with Crippen molar-refractivity contribution in [1.29, 1.82) is 0 Å². The Hall–Kier alpha value is -4.43. The first-order valence-electron chi connectivity index (χ1n) is 16.2. The van der Waals surface area contributed by atoms with Crippen LogP contribution in [0.25, 0.3) is 0 Å². The Labute approximate surface area is 296 Å². The second-order valence-electron chi connectivity index (χ2n) is 12.0. The van der Waals surface area contributed by atoms with Crippen molar-refractivity contribution in [3.63, 3.8) is 0 Å². The van der Waals surface area contributed by atoms with Crippen molar-refractivity contribution in [3.8, 4) is 0 Å². The van der Waals surface area contributed by atoms with Crippen LogP contribution in [0.4, 0.5) is 5.69 Å². The smallest absolute Gasteiger partial charge is 0.242 e. The van der Waals surface area contributed by atoms with Gasteiger partial charge in [-0.1, -0.05) is 96.2 Å². The first kappa shape index (κ1) is 35.4. The molecule has 50 heavy (non-hydrogen) atoms. The summed E-state index contributed by atoms with van der Waals surface area (Å²) in [4.78, 5) is 22.5. The van der Waals surface area contributed by atoms with Crippen LogP contribution in [-0.4, -0.2) is 47.3 Å². The molecule has 0 aliphatic carbocycles. The molecule has 12 heteroatoms. The zero-order valence-corrected chi connectivity index (χ0v) is 29.0. The Morgan fingerprint density at radius 1 is 0.880 bits per heavy atom. The topological polar surface area (TPSA) is 140 Å². The average molecular weight is 711 g/mol. The van der Waals surface area contributed by atoms with E-state index in [-0.39, 0.29) is 30.1 Å². The van der Waals surface area contributed by atoms with E-state index < -0.39 is 28.3 Å². The predicted octanol–water partition coefficient (Wildman–Crippen LogP) is 6.14. The van der Waals surface area contributed by atoms with Gasteiger partial charge in [0.1, 0.15) is 6.04 Å². The van der Waals surface area contributed by atoms with Crippen LogP contribution in [0.1, 0.15) is 46.6 Å². The SMILES string of the molecule is Cc1ccc(S(=O)(=O)N[C@H](Cc2ccccc2)C(=O)Nc2cccc([C@H]3O[C@@H](CSc4ncccn4)C[C@@H](c4ccc(CO)cc4)O3)c2)cc1. The summed E-state index contributed by atoms with van der Waals surface area (Å²) in [5.41, 5.74) is 4.64. The Kier molecular flexibility index (Phi) is 11.7. The molecule has 258 valence electrons. The maximum absolute atomic E-state index is 13.8. The van der Waals surface area contributed by atoms with Crippen molar-refractivity contribution in [3.05, 3.63) is 149 Å². The van der Waals surface area contributed by atoms with E-state index in [4.69, 9.17) is 9.47 Å². The summed E-state index contributed by atoms with van der Waals surface area (Å²) in [6.07, 6.45) is 2.87. The minimum atomic E-state index is -4.00. The number of anilines is 1. The lowest BCUT2D eigenvalue weighted by molar-refractivity contribution is -0.245. The van der Waals surface area contributed by atoms with Crippen LogP contribution in [0, 0.1) is 6.92 Å². The third-order valence-corrected chi connectivity index (χ3v) is 10.7. The van der Waals surface area contributed by atoms with Gasteiger partial charge in [0.05, 0.1) is 23.7 Å². The lowest BCUT2D eigenvalue weighted by atomic mass is 10.0. The van der Waals surface area contributed by atoms with Crippen LogP contribution < -0.4 is 10.0 Å². The number of aliphatic hydroxyl groups excluding tert-OH is 1. The summed E-state index contributed by atoms with van der Waals surface area (Å²) in [6, 6.07) is 31.2. The number of aromatic nitrogens is 2. The second kappa shape index (κ2) is 16.5. The highest BCUT2D eigenvalue weighted by molar-refractivity contribution is 7.99. The number of aryl methyl sites for hydroxylation is 1. The highest BCUT2D eigenvalue weighted by Gasteiger charge is 2.33. The fourth-order valence-electron chi connectivity index (χ4n) is 5.55. The third-order valence-electron chi connectivity index (χ3n) is 8.21. The number of amides is 1. The quantitative estimate of drug-likeness (QED) is 0.0971. The van der Waals surface area contributed by atoms with E-state index in [1.54, 1.807) is 48.8 Å². The summed E-state index contributed by atoms with van der Waals surface area (Å²) in [5, 5.41) is 13.1. The molecular formula is C38H38N4O6S2. The molecule has 0 saturated carbocycles. The van der Waals surface area contributed by atoms with Gasteiger partial charge in [-0.15, -0.1) is 0 Å². The van der Waals surface area contributed by atoms with Gasteiger partial charge in [-0.2, -0.15) is 4.72 Å². The first-order chi connectivity index (χ1) is 24.3. The number of benzene rings is 4. The van der Waals surface area contributed by atoms with Gasteiger partial charge in [0, 0.05) is 35.8 Å². The van der Waals surface area contributed by atoms with E-state index >= 15 is 0 Å². The molecule has 3 N–H and O–H groups in total. The monoisotopic (exact) mass is 710 g/mol. The van der Waals surface area contributed by atoms with Gasteiger partial charge >= 0.3 is 0 Å². The molecule has 1 aromatic heterocycles. The van der Waals surface area contributed by atoms with Gasteiger partial charge in [0.15, 0.2) is 11.4 Å². The third kappa shape index (κ3) is 9.42. The Morgan fingerprint density at radius 2 is 1.62 bits per heavy atom. The lowest BCUT2D eigenvalue weighted by Crippen LogP contribution is -2.45. The molecule has 0 spiro atoms. The average Bonchev–Trinajstić information content (AvgIpc) is 3.14. The van der Waals surface area contributed by atoms with Crippen LogP contribution in [0.2, 0.25) is 0 Å². The van der Waals surface area contributed by atoms with E-state index in [1.165, 1.54) is 23.9 Å². The summed E-state index contributed by atoms with van der Waals surface area (Å²) in [5.74, 6) is 0.0829. The summed E-state index contributed by atoms with van der Waals surface area (Å²) in [7, 11) is -4.00. The van der Waals surface area contributed by atoms with E-state index in [0.717, 1.165) is 22.3 Å². The molecule has 4 aromatic carbocycles. The number of ether oxygens (including phenoxy) is 2. The number of nitrogens with zero attached hydrogens (tertiary/aromatic N) is 2. The van der Waals surface area contributed by atoms with Crippen molar-refractivity contribution >= 4 is 33.4 Å². The predicted molar refractivity (Wildman–Crippen MR) is 192 cm³/mol. The Morgan fingerprint density at radius 3 is 2.34 bits per heavy atom. The Balaban J connectivity index is 1.22.